The molecule has 0 saturated carbocycles. The molecule has 0 unspecified atom stereocenters. The van der Waals surface area contributed by atoms with E-state index in [1.54, 1.807) is 0 Å². The molecule has 0 fully saturated rings. The van der Waals surface area contributed by atoms with Gasteiger partial charge in [-0.2, -0.15) is 5.26 Å². The molecular formula is C55H33N. The molecule has 11 rings (SSSR count). The fourth-order valence-electron chi connectivity index (χ4n) is 9.21. The van der Waals surface area contributed by atoms with E-state index < -0.39 is 0 Å². The van der Waals surface area contributed by atoms with E-state index in [1.165, 1.54) is 99.1 Å². The van der Waals surface area contributed by atoms with Crippen LogP contribution in [0.1, 0.15) is 5.56 Å². The van der Waals surface area contributed by atoms with Gasteiger partial charge in [0, 0.05) is 0 Å². The Bertz CT molecular complexity index is 3110. The van der Waals surface area contributed by atoms with Crippen molar-refractivity contribution in [2.24, 2.45) is 0 Å². The highest BCUT2D eigenvalue weighted by molar-refractivity contribution is 6.29. The lowest BCUT2D eigenvalue weighted by molar-refractivity contribution is 1.48. The quantitative estimate of drug-likeness (QED) is 0.175. The van der Waals surface area contributed by atoms with E-state index in [0.29, 0.717) is 5.56 Å². The lowest BCUT2D eigenvalue weighted by Crippen LogP contribution is -1.93. The molecule has 258 valence electrons. The van der Waals surface area contributed by atoms with Crippen molar-refractivity contribution in [1.29, 1.82) is 5.26 Å². The van der Waals surface area contributed by atoms with Crippen LogP contribution in [0.3, 0.4) is 0 Å². The average molecular weight is 708 g/mol. The molecule has 10 aromatic carbocycles. The van der Waals surface area contributed by atoms with E-state index in [1.807, 2.05) is 24.3 Å². The Kier molecular flexibility index (Phi) is 7.31. The second-order valence-electron chi connectivity index (χ2n) is 14.6. The fourth-order valence-corrected chi connectivity index (χ4v) is 9.21. The van der Waals surface area contributed by atoms with Gasteiger partial charge in [-0.3, -0.25) is 0 Å². The van der Waals surface area contributed by atoms with Crippen LogP contribution in [0.15, 0.2) is 200 Å². The summed E-state index contributed by atoms with van der Waals surface area (Å²) in [5.74, 6) is 0. The van der Waals surface area contributed by atoms with Gasteiger partial charge < -0.3 is 0 Å². The molecule has 1 aliphatic rings. The zero-order valence-corrected chi connectivity index (χ0v) is 30.5. The first-order valence-electron chi connectivity index (χ1n) is 19.2. The zero-order valence-electron chi connectivity index (χ0n) is 30.5. The molecule has 0 amide bonds. The molecule has 0 N–H and O–H groups in total. The van der Waals surface area contributed by atoms with Gasteiger partial charge in [-0.25, -0.2) is 0 Å². The summed E-state index contributed by atoms with van der Waals surface area (Å²) < 4.78 is 0. The van der Waals surface area contributed by atoms with Crippen LogP contribution < -0.4 is 0 Å². The Morgan fingerprint density at radius 3 is 1.23 bits per heavy atom. The first-order chi connectivity index (χ1) is 27.8. The first kappa shape index (κ1) is 31.9. The topological polar surface area (TPSA) is 23.8 Å². The summed E-state index contributed by atoms with van der Waals surface area (Å²) in [7, 11) is 0. The summed E-state index contributed by atoms with van der Waals surface area (Å²) in [6, 6.07) is 74.6. The van der Waals surface area contributed by atoms with Crippen LogP contribution in [0.25, 0.3) is 110 Å². The van der Waals surface area contributed by atoms with Crippen molar-refractivity contribution in [2.75, 3.05) is 0 Å². The SMILES string of the molecule is N#Cc1ccc(-c2ccc(-c3ccc(-c4ccc5c6c(cccc46)-c4c-5c(-c5ccccc5)c5ccccc5c4-c4ccccc4)c4ccccc34)cc2)cc1. The Balaban J connectivity index is 1.12. The number of hydrogen-bond acceptors (Lipinski definition) is 1. The van der Waals surface area contributed by atoms with Crippen LogP contribution in [0.4, 0.5) is 0 Å². The predicted molar refractivity (Wildman–Crippen MR) is 235 cm³/mol. The molecular weight excluding hydrogens is 675 g/mol. The molecule has 0 spiro atoms. The summed E-state index contributed by atoms with van der Waals surface area (Å²) in [5, 5.41) is 16.8. The molecule has 10 aromatic rings. The molecule has 1 nitrogen and oxygen atoms in total. The molecule has 0 saturated heterocycles. The predicted octanol–water partition coefficient (Wildman–Crippen LogP) is 15.0. The molecule has 0 radical (unpaired) electrons. The minimum atomic E-state index is 0.671. The highest BCUT2D eigenvalue weighted by atomic mass is 14.3. The van der Waals surface area contributed by atoms with Gasteiger partial charge >= 0.3 is 0 Å². The fraction of sp³-hybridized carbons (Fsp3) is 0. The van der Waals surface area contributed by atoms with Crippen LogP contribution >= 0.6 is 0 Å². The third-order valence-corrected chi connectivity index (χ3v) is 11.7. The molecule has 0 atom stereocenters. The monoisotopic (exact) mass is 707 g/mol. The summed E-state index contributed by atoms with van der Waals surface area (Å²) in [6.45, 7) is 0. The van der Waals surface area contributed by atoms with E-state index in [9.17, 15) is 5.26 Å². The van der Waals surface area contributed by atoms with Crippen molar-refractivity contribution in [3.63, 3.8) is 0 Å². The largest absolute Gasteiger partial charge is 0.192 e. The average Bonchev–Trinajstić information content (AvgIpc) is 3.60. The van der Waals surface area contributed by atoms with Gasteiger partial charge in [-0.1, -0.05) is 188 Å². The van der Waals surface area contributed by atoms with Crippen LogP contribution in [0.5, 0.6) is 0 Å². The maximum absolute atomic E-state index is 9.24. The van der Waals surface area contributed by atoms with Crippen LogP contribution in [0, 0.1) is 11.3 Å². The van der Waals surface area contributed by atoms with Gasteiger partial charge in [-0.05, 0) is 122 Å². The normalized spacial score (nSPS) is 11.6. The smallest absolute Gasteiger partial charge is 0.0991 e. The summed E-state index contributed by atoms with van der Waals surface area (Å²) >= 11 is 0. The highest BCUT2D eigenvalue weighted by Gasteiger charge is 2.31. The van der Waals surface area contributed by atoms with Crippen molar-refractivity contribution in [3.05, 3.63) is 206 Å². The third-order valence-electron chi connectivity index (χ3n) is 11.7. The molecule has 1 aliphatic carbocycles. The minimum absolute atomic E-state index is 0.671. The summed E-state index contributed by atoms with van der Waals surface area (Å²) in [6.07, 6.45) is 0. The van der Waals surface area contributed by atoms with E-state index in [0.717, 1.165) is 11.1 Å². The Morgan fingerprint density at radius 1 is 0.250 bits per heavy atom. The first-order valence-corrected chi connectivity index (χ1v) is 19.2. The van der Waals surface area contributed by atoms with Crippen LogP contribution in [0.2, 0.25) is 0 Å². The standard InChI is InChI=1S/C55H33N/c56-34-35-22-24-36(25-23-35)37-26-28-38(29-27-37)41-30-31-44(43-17-8-7-16-42(41)43)45-32-33-50-53-46(45)20-11-21-49(53)54-51(39-12-3-1-4-13-39)47-18-9-10-19-48(47)52(55(50)54)40-14-5-2-6-15-40/h1-33H. The second kappa shape index (κ2) is 12.8. The van der Waals surface area contributed by atoms with Gasteiger partial charge in [0.1, 0.15) is 0 Å². The molecule has 0 aliphatic heterocycles. The van der Waals surface area contributed by atoms with Crippen molar-refractivity contribution in [2.45, 2.75) is 0 Å². The van der Waals surface area contributed by atoms with Crippen molar-refractivity contribution >= 4 is 32.3 Å². The number of hydrogen-bond donors (Lipinski definition) is 0. The molecule has 56 heavy (non-hydrogen) atoms. The van der Waals surface area contributed by atoms with Gasteiger partial charge in [-0.15, -0.1) is 0 Å². The Labute approximate surface area is 326 Å². The molecule has 0 aromatic heterocycles. The maximum atomic E-state index is 9.24. The van der Waals surface area contributed by atoms with Crippen molar-refractivity contribution in [3.8, 4) is 84.0 Å². The van der Waals surface area contributed by atoms with E-state index in [4.69, 9.17) is 0 Å². The number of fused-ring (bicyclic) bond motifs is 5. The Morgan fingerprint density at radius 2 is 0.661 bits per heavy atom. The molecule has 1 heteroatoms. The lowest BCUT2D eigenvalue weighted by atomic mass is 9.82. The molecule has 0 bridgehead atoms. The number of rotatable bonds is 5. The minimum Gasteiger partial charge on any atom is -0.192 e. The summed E-state index contributed by atoms with van der Waals surface area (Å²) in [4.78, 5) is 0. The summed E-state index contributed by atoms with van der Waals surface area (Å²) in [5.41, 5.74) is 18.0. The van der Waals surface area contributed by atoms with Crippen molar-refractivity contribution in [1.82, 2.24) is 0 Å². The zero-order chi connectivity index (χ0) is 37.2. The number of nitrogens with zero attached hydrogens (tertiary/aromatic N) is 1. The van der Waals surface area contributed by atoms with Gasteiger partial charge in [0.2, 0.25) is 0 Å². The van der Waals surface area contributed by atoms with Gasteiger partial charge in [0.15, 0.2) is 0 Å². The number of nitriles is 1. The van der Waals surface area contributed by atoms with Crippen LogP contribution in [-0.4, -0.2) is 0 Å². The number of benzene rings is 10. The van der Waals surface area contributed by atoms with E-state index >= 15 is 0 Å². The highest BCUT2D eigenvalue weighted by Crippen LogP contribution is 2.58. The molecule has 0 heterocycles. The lowest BCUT2D eigenvalue weighted by Gasteiger charge is -2.20. The maximum Gasteiger partial charge on any atom is 0.0991 e. The van der Waals surface area contributed by atoms with Gasteiger partial charge in [0.25, 0.3) is 0 Å². The Hall–Kier alpha value is -7.53. The second-order valence-corrected chi connectivity index (χ2v) is 14.6. The third kappa shape index (κ3) is 4.87. The van der Waals surface area contributed by atoms with Gasteiger partial charge in [0.05, 0.1) is 11.6 Å². The van der Waals surface area contributed by atoms with E-state index in [2.05, 4.69) is 182 Å². The van der Waals surface area contributed by atoms with Crippen molar-refractivity contribution < 1.29 is 0 Å². The van der Waals surface area contributed by atoms with Crippen LogP contribution in [-0.2, 0) is 0 Å². The van der Waals surface area contributed by atoms with E-state index in [-0.39, 0.29) is 0 Å².